The van der Waals surface area contributed by atoms with Crippen LogP contribution < -0.4 is 5.73 Å². The summed E-state index contributed by atoms with van der Waals surface area (Å²) in [4.78, 5) is 3.98. The fourth-order valence-electron chi connectivity index (χ4n) is 1.10. The summed E-state index contributed by atoms with van der Waals surface area (Å²) in [6.07, 6.45) is 1.34. The zero-order valence-electron chi connectivity index (χ0n) is 7.62. The van der Waals surface area contributed by atoms with Gasteiger partial charge in [-0.25, -0.2) is 8.42 Å². The van der Waals surface area contributed by atoms with Gasteiger partial charge in [0.25, 0.3) is 0 Å². The van der Waals surface area contributed by atoms with Gasteiger partial charge in [-0.3, -0.25) is 4.98 Å². The molecule has 0 atom stereocenters. The van der Waals surface area contributed by atoms with Crippen molar-refractivity contribution >= 4 is 26.9 Å². The molecule has 0 radical (unpaired) electrons. The quantitative estimate of drug-likeness (QED) is 0.808. The lowest BCUT2D eigenvalue weighted by Gasteiger charge is -2.00. The number of anilines is 1. The van der Waals surface area contributed by atoms with E-state index in [-0.39, 0.29) is 9.10 Å². The van der Waals surface area contributed by atoms with Gasteiger partial charge in [-0.2, -0.15) is 0 Å². The van der Waals surface area contributed by atoms with E-state index in [0.29, 0.717) is 5.69 Å². The van der Waals surface area contributed by atoms with Crippen LogP contribution >= 0.6 is 11.3 Å². The highest BCUT2D eigenvalue weighted by atomic mass is 32.2. The molecule has 0 amide bonds. The molecule has 6 heteroatoms. The van der Waals surface area contributed by atoms with Crippen LogP contribution in [0.2, 0.25) is 0 Å². The third-order valence-corrected chi connectivity index (χ3v) is 4.90. The maximum atomic E-state index is 11.9. The Hall–Kier alpha value is -1.40. The first kappa shape index (κ1) is 10.1. The van der Waals surface area contributed by atoms with Crippen molar-refractivity contribution in [2.45, 2.75) is 9.10 Å². The molecule has 0 aliphatic carbocycles. The maximum absolute atomic E-state index is 11.9. The van der Waals surface area contributed by atoms with Gasteiger partial charge in [-0.05, 0) is 24.3 Å². The van der Waals surface area contributed by atoms with E-state index in [1.54, 1.807) is 12.1 Å². The molecule has 0 fully saturated rings. The predicted octanol–water partition coefficient (Wildman–Crippen LogP) is 1.56. The van der Waals surface area contributed by atoms with Gasteiger partial charge in [0.1, 0.15) is 4.21 Å². The molecule has 78 valence electrons. The molecule has 1 aromatic heterocycles. The summed E-state index contributed by atoms with van der Waals surface area (Å²) in [6.45, 7) is 0. The zero-order valence-corrected chi connectivity index (χ0v) is 9.25. The van der Waals surface area contributed by atoms with Crippen molar-refractivity contribution in [2.24, 2.45) is 0 Å². The van der Waals surface area contributed by atoms with E-state index >= 15 is 0 Å². The average molecular weight is 240 g/mol. The van der Waals surface area contributed by atoms with Crippen LogP contribution in [0.5, 0.6) is 0 Å². The van der Waals surface area contributed by atoms with Gasteiger partial charge in [0.15, 0.2) is 0 Å². The van der Waals surface area contributed by atoms with Crippen LogP contribution in [0, 0.1) is 0 Å². The third-order valence-electron chi connectivity index (χ3n) is 1.86. The lowest BCUT2D eigenvalue weighted by molar-refractivity contribution is 0.598. The summed E-state index contributed by atoms with van der Waals surface area (Å²) < 4.78 is 24.1. The van der Waals surface area contributed by atoms with Crippen molar-refractivity contribution in [1.29, 1.82) is 0 Å². The van der Waals surface area contributed by atoms with Gasteiger partial charge in [0.2, 0.25) is 9.84 Å². The smallest absolute Gasteiger partial charge is 0.217 e. The second kappa shape index (κ2) is 3.63. The van der Waals surface area contributed by atoms with E-state index in [1.807, 2.05) is 0 Å². The van der Waals surface area contributed by atoms with Crippen LogP contribution in [-0.4, -0.2) is 13.4 Å². The number of thiazole rings is 1. The molecule has 0 aliphatic heterocycles. The second-order valence-corrected chi connectivity index (χ2v) is 5.96. The molecule has 15 heavy (non-hydrogen) atoms. The van der Waals surface area contributed by atoms with Gasteiger partial charge < -0.3 is 5.73 Å². The predicted molar refractivity (Wildman–Crippen MR) is 58.4 cm³/mol. The van der Waals surface area contributed by atoms with Crippen LogP contribution in [0.3, 0.4) is 0 Å². The van der Waals surface area contributed by atoms with Crippen LogP contribution in [0.25, 0.3) is 0 Å². The van der Waals surface area contributed by atoms with Crippen molar-refractivity contribution in [3.63, 3.8) is 0 Å². The highest BCUT2D eigenvalue weighted by molar-refractivity contribution is 7.93. The lowest BCUT2D eigenvalue weighted by Crippen LogP contribution is -1.99. The first-order valence-electron chi connectivity index (χ1n) is 4.10. The van der Waals surface area contributed by atoms with Crippen molar-refractivity contribution in [3.05, 3.63) is 36.0 Å². The van der Waals surface area contributed by atoms with Crippen molar-refractivity contribution in [1.82, 2.24) is 4.98 Å². The van der Waals surface area contributed by atoms with Crippen LogP contribution in [0.15, 0.2) is 45.1 Å². The van der Waals surface area contributed by atoms with Crippen LogP contribution in [0.4, 0.5) is 5.69 Å². The standard InChI is InChI=1S/C9H8N2O2S2/c10-7-1-3-8(4-2-7)15(12,13)9-5-11-6-14-9/h1-6H,10H2. The number of benzene rings is 1. The molecular formula is C9H8N2O2S2. The van der Waals surface area contributed by atoms with Gasteiger partial charge in [0, 0.05) is 5.69 Å². The molecule has 0 aliphatic rings. The Kier molecular flexibility index (Phi) is 2.45. The Morgan fingerprint density at radius 3 is 2.40 bits per heavy atom. The SMILES string of the molecule is Nc1ccc(S(=O)(=O)c2cncs2)cc1. The van der Waals surface area contributed by atoms with Crippen molar-refractivity contribution < 1.29 is 8.42 Å². The largest absolute Gasteiger partial charge is 0.399 e. The Balaban J connectivity index is 2.52. The molecule has 2 rings (SSSR count). The minimum absolute atomic E-state index is 0.237. The lowest BCUT2D eigenvalue weighted by atomic mass is 10.3. The first-order chi connectivity index (χ1) is 7.10. The molecule has 4 nitrogen and oxygen atoms in total. The number of nitrogens with two attached hydrogens (primary N) is 1. The Morgan fingerprint density at radius 2 is 1.87 bits per heavy atom. The number of rotatable bonds is 2. The number of aromatic nitrogens is 1. The summed E-state index contributed by atoms with van der Waals surface area (Å²) in [6, 6.07) is 6.11. The summed E-state index contributed by atoms with van der Waals surface area (Å²) in [7, 11) is -3.41. The average Bonchev–Trinajstić information content (AvgIpc) is 2.71. The van der Waals surface area contributed by atoms with Gasteiger partial charge in [-0.15, -0.1) is 11.3 Å². The zero-order chi connectivity index (χ0) is 10.9. The second-order valence-electron chi connectivity index (χ2n) is 2.89. The molecule has 0 bridgehead atoms. The number of sulfone groups is 1. The molecule has 2 aromatic rings. The first-order valence-corrected chi connectivity index (χ1v) is 6.46. The normalized spacial score (nSPS) is 11.5. The monoisotopic (exact) mass is 240 g/mol. The van der Waals surface area contributed by atoms with E-state index in [1.165, 1.54) is 23.8 Å². The summed E-state index contributed by atoms with van der Waals surface area (Å²) in [5.41, 5.74) is 7.51. The van der Waals surface area contributed by atoms with E-state index in [9.17, 15) is 8.42 Å². The Bertz CT molecular complexity index is 544. The highest BCUT2D eigenvalue weighted by Gasteiger charge is 2.18. The summed E-state index contributed by atoms with van der Waals surface area (Å²) >= 11 is 1.10. The number of nitrogen functional groups attached to an aromatic ring is 1. The highest BCUT2D eigenvalue weighted by Crippen LogP contribution is 2.23. The molecule has 0 saturated carbocycles. The summed E-state index contributed by atoms with van der Waals surface area (Å²) in [5.74, 6) is 0. The molecule has 0 spiro atoms. The fourth-order valence-corrected chi connectivity index (χ4v) is 3.30. The molecule has 2 N–H and O–H groups in total. The van der Waals surface area contributed by atoms with E-state index < -0.39 is 9.84 Å². The van der Waals surface area contributed by atoms with E-state index in [4.69, 9.17) is 5.73 Å². The molecule has 0 unspecified atom stereocenters. The Morgan fingerprint density at radius 1 is 1.20 bits per heavy atom. The van der Waals surface area contributed by atoms with Gasteiger partial charge in [-0.1, -0.05) is 0 Å². The van der Waals surface area contributed by atoms with Gasteiger partial charge in [0.05, 0.1) is 16.6 Å². The molecule has 0 saturated heterocycles. The molecule has 1 heterocycles. The van der Waals surface area contributed by atoms with Crippen LogP contribution in [-0.2, 0) is 9.84 Å². The number of nitrogens with zero attached hydrogens (tertiary/aromatic N) is 1. The number of hydrogen-bond donors (Lipinski definition) is 1. The fraction of sp³-hybridized carbons (Fsp3) is 0. The number of hydrogen-bond acceptors (Lipinski definition) is 5. The molecule has 1 aromatic carbocycles. The van der Waals surface area contributed by atoms with E-state index in [0.717, 1.165) is 11.3 Å². The topological polar surface area (TPSA) is 73.1 Å². The van der Waals surface area contributed by atoms with Crippen LogP contribution in [0.1, 0.15) is 0 Å². The van der Waals surface area contributed by atoms with Crippen molar-refractivity contribution in [3.8, 4) is 0 Å². The van der Waals surface area contributed by atoms with Gasteiger partial charge >= 0.3 is 0 Å². The summed E-state index contributed by atoms with van der Waals surface area (Å²) in [5, 5.41) is 0. The van der Waals surface area contributed by atoms with Crippen molar-refractivity contribution in [2.75, 3.05) is 5.73 Å². The maximum Gasteiger partial charge on any atom is 0.217 e. The Labute approximate surface area is 91.3 Å². The molecular weight excluding hydrogens is 232 g/mol. The minimum atomic E-state index is -3.41. The van der Waals surface area contributed by atoms with E-state index in [2.05, 4.69) is 4.98 Å². The minimum Gasteiger partial charge on any atom is -0.399 e. The third kappa shape index (κ3) is 1.86.